The zero-order valence-corrected chi connectivity index (χ0v) is 16.8. The van der Waals surface area contributed by atoms with Gasteiger partial charge in [0.25, 0.3) is 0 Å². The molecule has 4 nitrogen and oxygen atoms in total. The number of nitrogens with zero attached hydrogens (tertiary/aromatic N) is 1. The van der Waals surface area contributed by atoms with Crippen molar-refractivity contribution in [3.05, 3.63) is 59.2 Å². The van der Waals surface area contributed by atoms with Gasteiger partial charge in [-0.05, 0) is 49.9 Å². The minimum atomic E-state index is -0.729. The van der Waals surface area contributed by atoms with Crippen LogP contribution in [0.1, 0.15) is 36.5 Å². The molecule has 1 heterocycles. The van der Waals surface area contributed by atoms with Crippen LogP contribution in [0.15, 0.2) is 42.5 Å². The van der Waals surface area contributed by atoms with Crippen LogP contribution in [0, 0.1) is 19.3 Å². The second-order valence-corrected chi connectivity index (χ2v) is 7.38. The summed E-state index contributed by atoms with van der Waals surface area (Å²) in [6.07, 6.45) is 6.75. The molecule has 2 aromatic carbocycles. The van der Waals surface area contributed by atoms with Crippen molar-refractivity contribution in [2.45, 2.75) is 38.8 Å². The highest BCUT2D eigenvalue weighted by Gasteiger charge is 2.33. The molecule has 0 aliphatic carbocycles. The Kier molecular flexibility index (Phi) is 6.61. The molecule has 0 radical (unpaired) electrons. The van der Waals surface area contributed by atoms with E-state index in [2.05, 4.69) is 35.9 Å². The van der Waals surface area contributed by atoms with Gasteiger partial charge in [-0.2, -0.15) is 0 Å². The van der Waals surface area contributed by atoms with Gasteiger partial charge >= 0.3 is 0 Å². The normalized spacial score (nSPS) is 16.4. The van der Waals surface area contributed by atoms with E-state index in [1.165, 1.54) is 5.56 Å². The molecule has 1 saturated heterocycles. The quantitative estimate of drug-likeness (QED) is 0.741. The number of piperidine rings is 1. The zero-order chi connectivity index (χ0) is 20.0. The second kappa shape index (κ2) is 9.14. The molecule has 1 fully saturated rings. The van der Waals surface area contributed by atoms with Crippen LogP contribution in [0.4, 0.5) is 0 Å². The van der Waals surface area contributed by atoms with Gasteiger partial charge in [0.2, 0.25) is 0 Å². The van der Waals surface area contributed by atoms with Crippen molar-refractivity contribution in [1.82, 2.24) is 4.90 Å². The summed E-state index contributed by atoms with van der Waals surface area (Å²) in [5, 5.41) is 11.1. The van der Waals surface area contributed by atoms with E-state index in [0.717, 1.165) is 49.4 Å². The van der Waals surface area contributed by atoms with Crippen molar-refractivity contribution in [3.63, 3.8) is 0 Å². The van der Waals surface area contributed by atoms with Gasteiger partial charge in [-0.3, -0.25) is 4.90 Å². The lowest BCUT2D eigenvalue weighted by Crippen LogP contribution is -2.42. The third kappa shape index (κ3) is 4.86. The van der Waals surface area contributed by atoms with Crippen LogP contribution < -0.4 is 9.47 Å². The van der Waals surface area contributed by atoms with Crippen LogP contribution in [0.3, 0.4) is 0 Å². The summed E-state index contributed by atoms with van der Waals surface area (Å²) in [7, 11) is 0. The fourth-order valence-corrected chi connectivity index (χ4v) is 3.65. The van der Waals surface area contributed by atoms with Crippen LogP contribution >= 0.6 is 0 Å². The SMILES string of the molecule is C#CCOc1ccc(CN2CCC(O)(c3ccc(C)cc3)CC2)cc1OCC. The third-order valence-electron chi connectivity index (χ3n) is 5.30. The average molecular weight is 380 g/mol. The Morgan fingerprint density at radius 2 is 1.79 bits per heavy atom. The monoisotopic (exact) mass is 379 g/mol. The fraction of sp³-hybridized carbons (Fsp3) is 0.417. The molecule has 2 aromatic rings. The van der Waals surface area contributed by atoms with Gasteiger partial charge in [0.05, 0.1) is 12.2 Å². The number of hydrogen-bond donors (Lipinski definition) is 1. The van der Waals surface area contributed by atoms with Gasteiger partial charge in [0.1, 0.15) is 6.61 Å². The van der Waals surface area contributed by atoms with Gasteiger partial charge in [-0.15, -0.1) is 6.42 Å². The van der Waals surface area contributed by atoms with Crippen LogP contribution in [0.25, 0.3) is 0 Å². The largest absolute Gasteiger partial charge is 0.490 e. The maximum absolute atomic E-state index is 11.1. The Morgan fingerprint density at radius 1 is 1.07 bits per heavy atom. The number of aliphatic hydroxyl groups is 1. The number of aryl methyl sites for hydroxylation is 1. The molecule has 0 spiro atoms. The first-order valence-corrected chi connectivity index (χ1v) is 9.88. The van der Waals surface area contributed by atoms with Gasteiger partial charge < -0.3 is 14.6 Å². The number of hydrogen-bond acceptors (Lipinski definition) is 4. The highest BCUT2D eigenvalue weighted by atomic mass is 16.5. The highest BCUT2D eigenvalue weighted by molar-refractivity contribution is 5.43. The molecule has 0 unspecified atom stereocenters. The lowest BCUT2D eigenvalue weighted by atomic mass is 9.84. The Bertz CT molecular complexity index is 815. The Balaban J connectivity index is 1.63. The van der Waals surface area contributed by atoms with E-state index in [1.807, 2.05) is 31.2 Å². The molecule has 0 atom stereocenters. The van der Waals surface area contributed by atoms with Gasteiger partial charge in [-0.1, -0.05) is 41.8 Å². The molecule has 0 bridgehead atoms. The molecular formula is C24H29NO3. The molecule has 0 amide bonds. The third-order valence-corrected chi connectivity index (χ3v) is 5.30. The lowest BCUT2D eigenvalue weighted by molar-refractivity contribution is -0.0277. The molecule has 3 rings (SSSR count). The molecule has 148 valence electrons. The number of terminal acetylenes is 1. The molecule has 0 saturated carbocycles. The molecule has 0 aromatic heterocycles. The minimum absolute atomic E-state index is 0.225. The standard InChI is InChI=1S/C24H29NO3/c1-4-16-28-22-11-8-20(17-23(22)27-5-2)18-25-14-12-24(26,13-15-25)21-9-6-19(3)7-10-21/h1,6-11,17,26H,5,12-16,18H2,2-3H3. The van der Waals surface area contributed by atoms with E-state index in [-0.39, 0.29) is 6.61 Å². The van der Waals surface area contributed by atoms with E-state index in [1.54, 1.807) is 0 Å². The van der Waals surface area contributed by atoms with E-state index >= 15 is 0 Å². The molecule has 1 aliphatic rings. The Morgan fingerprint density at radius 3 is 2.43 bits per heavy atom. The van der Waals surface area contributed by atoms with Gasteiger partial charge in [0, 0.05) is 19.6 Å². The number of benzene rings is 2. The van der Waals surface area contributed by atoms with Crippen LogP contribution in [0.2, 0.25) is 0 Å². The summed E-state index contributed by atoms with van der Waals surface area (Å²) in [4.78, 5) is 2.37. The summed E-state index contributed by atoms with van der Waals surface area (Å²) >= 11 is 0. The smallest absolute Gasteiger partial charge is 0.162 e. The first-order valence-electron chi connectivity index (χ1n) is 9.88. The fourth-order valence-electron chi connectivity index (χ4n) is 3.65. The maximum Gasteiger partial charge on any atom is 0.162 e. The van der Waals surface area contributed by atoms with Crippen LogP contribution in [-0.4, -0.2) is 36.3 Å². The predicted octanol–water partition coefficient (Wildman–Crippen LogP) is 3.89. The van der Waals surface area contributed by atoms with Crippen LogP contribution in [0.5, 0.6) is 11.5 Å². The summed E-state index contributed by atoms with van der Waals surface area (Å²) in [6, 6.07) is 14.2. The van der Waals surface area contributed by atoms with Crippen molar-refractivity contribution in [2.24, 2.45) is 0 Å². The predicted molar refractivity (Wildman–Crippen MR) is 112 cm³/mol. The van der Waals surface area contributed by atoms with E-state index in [9.17, 15) is 5.11 Å². The number of rotatable bonds is 7. The lowest BCUT2D eigenvalue weighted by Gasteiger charge is -2.38. The number of likely N-dealkylation sites (tertiary alicyclic amines) is 1. The van der Waals surface area contributed by atoms with Crippen molar-refractivity contribution < 1.29 is 14.6 Å². The Labute approximate surface area is 168 Å². The topological polar surface area (TPSA) is 41.9 Å². The molecule has 28 heavy (non-hydrogen) atoms. The summed E-state index contributed by atoms with van der Waals surface area (Å²) in [5.74, 6) is 3.88. The van der Waals surface area contributed by atoms with Crippen molar-refractivity contribution in [3.8, 4) is 23.8 Å². The second-order valence-electron chi connectivity index (χ2n) is 7.38. The minimum Gasteiger partial charge on any atom is -0.490 e. The zero-order valence-electron chi connectivity index (χ0n) is 16.8. The molecule has 4 heteroatoms. The van der Waals surface area contributed by atoms with Crippen molar-refractivity contribution >= 4 is 0 Å². The Hall–Kier alpha value is -2.48. The molecular weight excluding hydrogens is 350 g/mol. The molecule has 1 aliphatic heterocycles. The summed E-state index contributed by atoms with van der Waals surface area (Å²) in [5.41, 5.74) is 2.67. The summed E-state index contributed by atoms with van der Waals surface area (Å²) < 4.78 is 11.3. The van der Waals surface area contributed by atoms with Gasteiger partial charge in [-0.25, -0.2) is 0 Å². The molecule has 1 N–H and O–H groups in total. The maximum atomic E-state index is 11.1. The average Bonchev–Trinajstić information content (AvgIpc) is 2.70. The van der Waals surface area contributed by atoms with E-state index in [0.29, 0.717) is 12.4 Å². The van der Waals surface area contributed by atoms with Crippen molar-refractivity contribution in [1.29, 1.82) is 0 Å². The number of ether oxygens (including phenoxy) is 2. The van der Waals surface area contributed by atoms with Crippen LogP contribution in [-0.2, 0) is 12.1 Å². The summed E-state index contributed by atoms with van der Waals surface area (Å²) in [6.45, 7) is 7.34. The van der Waals surface area contributed by atoms with E-state index in [4.69, 9.17) is 15.9 Å². The van der Waals surface area contributed by atoms with E-state index < -0.39 is 5.60 Å². The van der Waals surface area contributed by atoms with Gasteiger partial charge in [0.15, 0.2) is 11.5 Å². The first kappa shape index (κ1) is 20.3. The highest BCUT2D eigenvalue weighted by Crippen LogP contribution is 2.34. The van der Waals surface area contributed by atoms with Crippen molar-refractivity contribution in [2.75, 3.05) is 26.3 Å². The first-order chi connectivity index (χ1) is 13.5.